The molecule has 0 aliphatic carbocycles. The van der Waals surface area contributed by atoms with Crippen LogP contribution in [0.25, 0.3) is 0 Å². The van der Waals surface area contributed by atoms with E-state index in [0.29, 0.717) is 4.90 Å². The van der Waals surface area contributed by atoms with Gasteiger partial charge in [-0.1, -0.05) is 30.0 Å². The first-order valence-electron chi connectivity index (χ1n) is 5.04. The summed E-state index contributed by atoms with van der Waals surface area (Å²) in [6, 6.07) is 11.6. The van der Waals surface area contributed by atoms with Crippen molar-refractivity contribution >= 4 is 33.7 Å². The first kappa shape index (κ1) is 13.1. The number of rotatable bonds is 3. The largest absolute Gasteiger partial charge is 0.478 e. The molecule has 0 heterocycles. The fourth-order valence-corrected chi connectivity index (χ4v) is 2.95. The van der Waals surface area contributed by atoms with Crippen molar-refractivity contribution in [2.75, 3.05) is 0 Å². The lowest BCUT2D eigenvalue weighted by molar-refractivity contribution is 0.0688. The fraction of sp³-hybridized carbons (Fsp3) is 0. The Labute approximate surface area is 116 Å². The van der Waals surface area contributed by atoms with Crippen LogP contribution in [-0.2, 0) is 0 Å². The number of aromatic carboxylic acids is 1. The molecule has 0 aromatic heterocycles. The number of carboxylic acids is 1. The lowest BCUT2D eigenvalue weighted by atomic mass is 10.2. The van der Waals surface area contributed by atoms with Gasteiger partial charge in [-0.15, -0.1) is 0 Å². The van der Waals surface area contributed by atoms with E-state index >= 15 is 0 Å². The smallest absolute Gasteiger partial charge is 0.339 e. The van der Waals surface area contributed by atoms with Gasteiger partial charge in [-0.2, -0.15) is 0 Å². The van der Waals surface area contributed by atoms with Gasteiger partial charge in [0.25, 0.3) is 0 Å². The van der Waals surface area contributed by atoms with Crippen LogP contribution in [0.5, 0.6) is 0 Å². The van der Waals surface area contributed by atoms with Crippen molar-refractivity contribution in [2.24, 2.45) is 0 Å². The topological polar surface area (TPSA) is 37.3 Å². The molecular weight excluding hydrogens is 319 g/mol. The Morgan fingerprint density at radius 3 is 2.44 bits per heavy atom. The SMILES string of the molecule is O=C(O)c1c(F)cccc1Sc1ccccc1Br. The van der Waals surface area contributed by atoms with Crippen LogP contribution in [0.15, 0.2) is 56.7 Å². The predicted molar refractivity (Wildman–Crippen MR) is 71.6 cm³/mol. The van der Waals surface area contributed by atoms with E-state index < -0.39 is 11.8 Å². The standard InChI is InChI=1S/C13H8BrFO2S/c14-8-4-1-2-6-10(8)18-11-7-3-5-9(15)12(11)13(16)17/h1-7H,(H,16,17). The fourth-order valence-electron chi connectivity index (χ4n) is 1.44. The summed E-state index contributed by atoms with van der Waals surface area (Å²) in [6.45, 7) is 0. The van der Waals surface area contributed by atoms with Crippen LogP contribution in [0, 0.1) is 5.82 Å². The number of carboxylic acid groups (broad SMARTS) is 1. The molecule has 0 aliphatic heterocycles. The number of carbonyl (C=O) groups is 1. The molecule has 2 aromatic rings. The van der Waals surface area contributed by atoms with Gasteiger partial charge in [0.2, 0.25) is 0 Å². The van der Waals surface area contributed by atoms with Gasteiger partial charge in [0.15, 0.2) is 0 Å². The molecular formula is C13H8BrFO2S. The Hall–Kier alpha value is -1.33. The second-order valence-corrected chi connectivity index (χ2v) is 5.39. The summed E-state index contributed by atoms with van der Waals surface area (Å²) in [5, 5.41) is 9.03. The zero-order chi connectivity index (χ0) is 13.1. The van der Waals surface area contributed by atoms with E-state index in [1.165, 1.54) is 17.8 Å². The van der Waals surface area contributed by atoms with Crippen LogP contribution in [-0.4, -0.2) is 11.1 Å². The highest BCUT2D eigenvalue weighted by atomic mass is 79.9. The summed E-state index contributed by atoms with van der Waals surface area (Å²) in [4.78, 5) is 12.3. The van der Waals surface area contributed by atoms with E-state index in [2.05, 4.69) is 15.9 Å². The van der Waals surface area contributed by atoms with Gasteiger partial charge in [0.1, 0.15) is 11.4 Å². The van der Waals surface area contributed by atoms with Gasteiger partial charge < -0.3 is 5.11 Å². The van der Waals surface area contributed by atoms with Crippen LogP contribution in [0.4, 0.5) is 4.39 Å². The van der Waals surface area contributed by atoms with Gasteiger partial charge in [0.05, 0.1) is 0 Å². The molecule has 2 aromatic carbocycles. The minimum atomic E-state index is -1.26. The highest BCUT2D eigenvalue weighted by Crippen LogP contribution is 2.35. The van der Waals surface area contributed by atoms with Gasteiger partial charge in [-0.3, -0.25) is 0 Å². The molecule has 0 saturated heterocycles. The summed E-state index contributed by atoms with van der Waals surface area (Å²) in [5.74, 6) is -1.98. The Bertz CT molecular complexity index is 601. The van der Waals surface area contributed by atoms with Gasteiger partial charge in [-0.25, -0.2) is 9.18 Å². The highest BCUT2D eigenvalue weighted by Gasteiger charge is 2.16. The van der Waals surface area contributed by atoms with E-state index in [4.69, 9.17) is 5.11 Å². The van der Waals surface area contributed by atoms with Crippen molar-refractivity contribution < 1.29 is 14.3 Å². The zero-order valence-electron chi connectivity index (χ0n) is 9.06. The van der Waals surface area contributed by atoms with Gasteiger partial charge in [0, 0.05) is 14.3 Å². The van der Waals surface area contributed by atoms with Crippen LogP contribution in [0.1, 0.15) is 10.4 Å². The molecule has 0 radical (unpaired) electrons. The first-order valence-corrected chi connectivity index (χ1v) is 6.64. The molecule has 0 saturated carbocycles. The summed E-state index contributed by atoms with van der Waals surface area (Å²) < 4.78 is 14.3. The monoisotopic (exact) mass is 326 g/mol. The highest BCUT2D eigenvalue weighted by molar-refractivity contribution is 9.10. The minimum absolute atomic E-state index is 0.293. The third-order valence-electron chi connectivity index (χ3n) is 2.25. The number of hydrogen-bond acceptors (Lipinski definition) is 2. The average Bonchev–Trinajstić information content (AvgIpc) is 2.31. The van der Waals surface area contributed by atoms with Gasteiger partial charge >= 0.3 is 5.97 Å². The summed E-state index contributed by atoms with van der Waals surface area (Å²) in [6.07, 6.45) is 0. The second-order valence-electron chi connectivity index (χ2n) is 3.45. The molecule has 0 spiro atoms. The summed E-state index contributed by atoms with van der Waals surface area (Å²) in [5.41, 5.74) is -0.293. The molecule has 2 rings (SSSR count). The molecule has 0 bridgehead atoms. The molecule has 0 fully saturated rings. The molecule has 18 heavy (non-hydrogen) atoms. The van der Waals surface area contributed by atoms with Crippen molar-refractivity contribution in [1.82, 2.24) is 0 Å². The van der Waals surface area contributed by atoms with Crippen LogP contribution in [0.2, 0.25) is 0 Å². The molecule has 0 atom stereocenters. The van der Waals surface area contributed by atoms with E-state index in [1.54, 1.807) is 6.07 Å². The normalized spacial score (nSPS) is 10.3. The maximum atomic E-state index is 13.5. The third-order valence-corrected chi connectivity index (χ3v) is 4.34. The Morgan fingerprint density at radius 1 is 1.11 bits per heavy atom. The number of halogens is 2. The summed E-state index contributed by atoms with van der Waals surface area (Å²) >= 11 is 4.59. The third kappa shape index (κ3) is 2.73. The molecule has 0 unspecified atom stereocenters. The lowest BCUT2D eigenvalue weighted by Gasteiger charge is -2.07. The van der Waals surface area contributed by atoms with Gasteiger partial charge in [-0.05, 0) is 40.2 Å². The molecule has 1 N–H and O–H groups in total. The quantitative estimate of drug-likeness (QED) is 0.906. The van der Waals surface area contributed by atoms with Crippen molar-refractivity contribution in [3.63, 3.8) is 0 Å². The maximum Gasteiger partial charge on any atom is 0.339 e. The maximum absolute atomic E-state index is 13.5. The molecule has 0 aliphatic rings. The number of benzene rings is 2. The first-order chi connectivity index (χ1) is 8.59. The Kier molecular flexibility index (Phi) is 4.04. The lowest BCUT2D eigenvalue weighted by Crippen LogP contribution is -2.02. The van der Waals surface area contributed by atoms with E-state index in [0.717, 1.165) is 15.4 Å². The van der Waals surface area contributed by atoms with E-state index in [1.807, 2.05) is 24.3 Å². The van der Waals surface area contributed by atoms with Crippen molar-refractivity contribution in [3.05, 3.63) is 58.3 Å². The average molecular weight is 327 g/mol. The molecule has 92 valence electrons. The van der Waals surface area contributed by atoms with Crippen LogP contribution >= 0.6 is 27.7 Å². The van der Waals surface area contributed by atoms with Crippen molar-refractivity contribution in [1.29, 1.82) is 0 Å². The number of hydrogen-bond donors (Lipinski definition) is 1. The van der Waals surface area contributed by atoms with Crippen molar-refractivity contribution in [2.45, 2.75) is 9.79 Å². The van der Waals surface area contributed by atoms with E-state index in [9.17, 15) is 9.18 Å². The Balaban J connectivity index is 2.44. The van der Waals surface area contributed by atoms with Crippen molar-refractivity contribution in [3.8, 4) is 0 Å². The summed E-state index contributed by atoms with van der Waals surface area (Å²) in [7, 11) is 0. The minimum Gasteiger partial charge on any atom is -0.478 e. The van der Waals surface area contributed by atoms with E-state index in [-0.39, 0.29) is 5.56 Å². The molecule has 0 amide bonds. The Morgan fingerprint density at radius 2 is 1.78 bits per heavy atom. The molecule has 2 nitrogen and oxygen atoms in total. The van der Waals surface area contributed by atoms with Crippen LogP contribution in [0.3, 0.4) is 0 Å². The second kappa shape index (κ2) is 5.54. The zero-order valence-corrected chi connectivity index (χ0v) is 11.5. The van der Waals surface area contributed by atoms with Crippen LogP contribution < -0.4 is 0 Å². The molecule has 5 heteroatoms. The predicted octanol–water partition coefficient (Wildman–Crippen LogP) is 4.44.